The summed E-state index contributed by atoms with van der Waals surface area (Å²) in [6.45, 7) is 1.43. The number of halogens is 4. The molecule has 3 aromatic carbocycles. The van der Waals surface area contributed by atoms with Gasteiger partial charge in [-0.1, -0.05) is 48.5 Å². The van der Waals surface area contributed by atoms with Crippen LogP contribution in [0.25, 0.3) is 10.9 Å². The highest BCUT2D eigenvalue weighted by molar-refractivity contribution is 7.88. The van der Waals surface area contributed by atoms with E-state index >= 15 is 0 Å². The molecule has 212 valence electrons. The predicted molar refractivity (Wildman–Crippen MR) is 142 cm³/mol. The summed E-state index contributed by atoms with van der Waals surface area (Å²) in [5.41, 5.74) is -4.79. The third-order valence-electron chi connectivity index (χ3n) is 6.42. The van der Waals surface area contributed by atoms with E-state index in [9.17, 15) is 30.8 Å². The number of pyridine rings is 1. The largest absolute Gasteiger partial charge is 0.534 e. The Bertz CT molecular complexity index is 1740. The summed E-state index contributed by atoms with van der Waals surface area (Å²) in [6.07, 6.45) is 4.08. The number of allylic oxidation sites excluding steroid dienone is 1. The molecule has 0 N–H and O–H groups in total. The van der Waals surface area contributed by atoms with Crippen LogP contribution in [-0.4, -0.2) is 29.7 Å². The molecule has 0 fully saturated rings. The minimum absolute atomic E-state index is 0.0362. The molecule has 1 unspecified atom stereocenters. The Morgan fingerprint density at radius 3 is 2.39 bits per heavy atom. The van der Waals surface area contributed by atoms with Crippen molar-refractivity contribution in [3.8, 4) is 11.5 Å². The van der Waals surface area contributed by atoms with Crippen molar-refractivity contribution in [3.63, 3.8) is 0 Å². The van der Waals surface area contributed by atoms with Gasteiger partial charge in [-0.3, -0.25) is 9.78 Å². The Morgan fingerprint density at radius 1 is 1.02 bits per heavy atom. The third-order valence-corrected chi connectivity index (χ3v) is 7.38. The zero-order valence-corrected chi connectivity index (χ0v) is 22.2. The van der Waals surface area contributed by atoms with Crippen molar-refractivity contribution in [2.24, 2.45) is 0 Å². The molecule has 0 bridgehead atoms. The van der Waals surface area contributed by atoms with E-state index in [-0.39, 0.29) is 40.9 Å². The topological polar surface area (TPSA) is 85.8 Å². The van der Waals surface area contributed by atoms with E-state index in [1.807, 2.05) is 6.07 Å². The van der Waals surface area contributed by atoms with Crippen LogP contribution in [0.3, 0.4) is 0 Å². The molecule has 0 saturated carbocycles. The maximum Gasteiger partial charge on any atom is 0.534 e. The molecule has 0 radical (unpaired) electrons. The van der Waals surface area contributed by atoms with Crippen LogP contribution in [0, 0.1) is 5.82 Å². The van der Waals surface area contributed by atoms with Crippen molar-refractivity contribution < 1.29 is 39.7 Å². The molecule has 7 nitrogen and oxygen atoms in total. The van der Waals surface area contributed by atoms with Crippen LogP contribution in [0.5, 0.6) is 11.5 Å². The van der Waals surface area contributed by atoms with Gasteiger partial charge in [-0.2, -0.15) is 21.6 Å². The lowest BCUT2D eigenvalue weighted by molar-refractivity contribution is -0.0499. The number of nitrogens with zero attached hydrogens (tertiary/aromatic N) is 2. The Hall–Kier alpha value is -4.45. The van der Waals surface area contributed by atoms with Crippen molar-refractivity contribution in [2.45, 2.75) is 31.6 Å². The first kappa shape index (κ1) is 28.1. The van der Waals surface area contributed by atoms with Gasteiger partial charge in [0.2, 0.25) is 0 Å². The summed E-state index contributed by atoms with van der Waals surface area (Å²) < 4.78 is 89.0. The Kier molecular flexibility index (Phi) is 7.43. The van der Waals surface area contributed by atoms with Gasteiger partial charge in [-0.25, -0.2) is 4.39 Å². The first-order valence-electron chi connectivity index (χ1n) is 12.3. The van der Waals surface area contributed by atoms with Gasteiger partial charge in [0.25, 0.3) is 5.91 Å². The van der Waals surface area contributed by atoms with Gasteiger partial charge in [-0.15, -0.1) is 0 Å². The summed E-state index contributed by atoms with van der Waals surface area (Å²) in [5, 5.41) is -0.0854. The molecule has 4 aromatic rings. The molecule has 1 aliphatic rings. The van der Waals surface area contributed by atoms with E-state index in [1.54, 1.807) is 43.3 Å². The second kappa shape index (κ2) is 10.8. The SMILES string of the molecule is C/C=C/C(Oc1c2c(c(OS(=O)(=O)C(F)(F)F)c3cccnc13)CN(Cc1ccc(F)cc1)C2=O)c1ccccc1. The fourth-order valence-electron chi connectivity index (χ4n) is 4.57. The fourth-order valence-corrected chi connectivity index (χ4v) is 5.07. The average molecular weight is 587 g/mol. The maximum atomic E-state index is 13.8. The standard InChI is InChI=1S/C29H22F4N2O5S/c1-2-7-23(19-8-4-3-5-9-19)39-27-24-22(17-35(28(24)36)16-18-11-13-20(30)14-12-18)26(21-10-6-15-34-25(21)27)40-41(37,38)29(31,32)33/h2-15,23H,16-17H2,1H3/b7-2+. The lowest BCUT2D eigenvalue weighted by Gasteiger charge is -2.21. The number of fused-ring (bicyclic) bond motifs is 2. The first-order chi connectivity index (χ1) is 19.5. The van der Waals surface area contributed by atoms with Crippen LogP contribution in [-0.2, 0) is 23.2 Å². The lowest BCUT2D eigenvalue weighted by atomic mass is 10.0. The second-order valence-corrected chi connectivity index (χ2v) is 10.7. The molecule has 0 saturated heterocycles. The molecule has 1 amide bonds. The number of aromatic nitrogens is 1. The summed E-state index contributed by atoms with van der Waals surface area (Å²) in [7, 11) is -6.10. The van der Waals surface area contributed by atoms with Gasteiger partial charge in [0.05, 0.1) is 12.1 Å². The number of carbonyl (C=O) groups is 1. The predicted octanol–water partition coefficient (Wildman–Crippen LogP) is 6.45. The van der Waals surface area contributed by atoms with E-state index in [1.165, 1.54) is 47.5 Å². The monoisotopic (exact) mass is 586 g/mol. The minimum Gasteiger partial charge on any atom is -0.478 e. The van der Waals surface area contributed by atoms with Crippen LogP contribution < -0.4 is 8.92 Å². The molecule has 0 aliphatic carbocycles. The summed E-state index contributed by atoms with van der Waals surface area (Å²) in [5.74, 6) is -1.83. The van der Waals surface area contributed by atoms with Gasteiger partial charge < -0.3 is 13.8 Å². The van der Waals surface area contributed by atoms with E-state index < -0.39 is 39.2 Å². The zero-order chi connectivity index (χ0) is 29.4. The molecule has 41 heavy (non-hydrogen) atoms. The first-order valence-corrected chi connectivity index (χ1v) is 13.7. The smallest absolute Gasteiger partial charge is 0.478 e. The molecule has 1 aliphatic heterocycles. The number of carbonyl (C=O) groups excluding carboxylic acids is 1. The highest BCUT2D eigenvalue weighted by atomic mass is 32.2. The van der Waals surface area contributed by atoms with Crippen molar-refractivity contribution in [2.75, 3.05) is 0 Å². The fraction of sp³-hybridized carbons (Fsp3) is 0.172. The Labute approximate surface area is 232 Å². The molecular formula is C29H22F4N2O5S. The molecule has 12 heteroatoms. The zero-order valence-electron chi connectivity index (χ0n) is 21.4. The number of amides is 1. The lowest BCUT2D eigenvalue weighted by Crippen LogP contribution is -2.28. The second-order valence-electron chi connectivity index (χ2n) is 9.16. The number of ether oxygens (including phenoxy) is 1. The molecule has 0 spiro atoms. The quantitative estimate of drug-likeness (QED) is 0.102. The third kappa shape index (κ3) is 5.47. The summed E-state index contributed by atoms with van der Waals surface area (Å²) in [6, 6.07) is 17.1. The van der Waals surface area contributed by atoms with Gasteiger partial charge >= 0.3 is 15.6 Å². The van der Waals surface area contributed by atoms with Gasteiger partial charge in [0.15, 0.2) is 11.5 Å². The number of rotatable bonds is 8. The number of alkyl halides is 3. The number of benzene rings is 3. The highest BCUT2D eigenvalue weighted by Crippen LogP contribution is 2.47. The van der Waals surface area contributed by atoms with Crippen LogP contribution in [0.2, 0.25) is 0 Å². The van der Waals surface area contributed by atoms with Crippen LogP contribution in [0.4, 0.5) is 17.6 Å². The maximum absolute atomic E-state index is 13.8. The number of hydrogen-bond acceptors (Lipinski definition) is 6. The van der Waals surface area contributed by atoms with Crippen molar-refractivity contribution in [3.05, 3.63) is 113 Å². The van der Waals surface area contributed by atoms with Gasteiger partial charge in [-0.05, 0) is 48.4 Å². The molecule has 1 aromatic heterocycles. The van der Waals surface area contributed by atoms with Gasteiger partial charge in [0.1, 0.15) is 17.4 Å². The van der Waals surface area contributed by atoms with Gasteiger partial charge in [0, 0.05) is 23.7 Å². The highest BCUT2D eigenvalue weighted by Gasteiger charge is 2.50. The summed E-state index contributed by atoms with van der Waals surface area (Å²) >= 11 is 0. The summed E-state index contributed by atoms with van der Waals surface area (Å²) in [4.78, 5) is 19.4. The van der Waals surface area contributed by atoms with E-state index in [0.717, 1.165) is 5.56 Å². The number of hydrogen-bond donors (Lipinski definition) is 0. The van der Waals surface area contributed by atoms with E-state index in [2.05, 4.69) is 9.17 Å². The van der Waals surface area contributed by atoms with Crippen molar-refractivity contribution in [1.29, 1.82) is 0 Å². The Morgan fingerprint density at radius 2 is 1.73 bits per heavy atom. The Balaban J connectivity index is 1.71. The van der Waals surface area contributed by atoms with Crippen LogP contribution >= 0.6 is 0 Å². The van der Waals surface area contributed by atoms with Crippen LogP contribution in [0.1, 0.15) is 40.1 Å². The normalized spacial score (nSPS) is 14.5. The molecular weight excluding hydrogens is 564 g/mol. The average Bonchev–Trinajstić information content (AvgIpc) is 3.26. The molecule has 2 heterocycles. The van der Waals surface area contributed by atoms with Crippen LogP contribution in [0.15, 0.2) is 85.1 Å². The minimum atomic E-state index is -6.10. The van der Waals surface area contributed by atoms with E-state index in [0.29, 0.717) is 5.56 Å². The van der Waals surface area contributed by atoms with Crippen molar-refractivity contribution >= 4 is 26.9 Å². The van der Waals surface area contributed by atoms with Crippen molar-refractivity contribution in [1.82, 2.24) is 9.88 Å². The molecule has 5 rings (SSSR count). The van der Waals surface area contributed by atoms with E-state index in [4.69, 9.17) is 4.74 Å². The molecule has 1 atom stereocenters.